The van der Waals surface area contributed by atoms with E-state index in [1.165, 1.54) is 23.1 Å². The molecule has 1 heteroatoms. The summed E-state index contributed by atoms with van der Waals surface area (Å²) in [5, 5.41) is 0. The van der Waals surface area contributed by atoms with Crippen LogP contribution < -0.4 is 4.74 Å². The summed E-state index contributed by atoms with van der Waals surface area (Å²) in [4.78, 5) is 0. The van der Waals surface area contributed by atoms with Crippen LogP contribution in [0.3, 0.4) is 0 Å². The summed E-state index contributed by atoms with van der Waals surface area (Å²) in [7, 11) is 0. The van der Waals surface area contributed by atoms with Crippen molar-refractivity contribution in [2.45, 2.75) is 41.0 Å². The van der Waals surface area contributed by atoms with Gasteiger partial charge in [0.2, 0.25) is 0 Å². The molecule has 1 aromatic rings. The van der Waals surface area contributed by atoms with Crippen molar-refractivity contribution in [1.29, 1.82) is 0 Å². The molecule has 1 nitrogen and oxygen atoms in total. The molecule has 1 aromatic carbocycles. The quantitative estimate of drug-likeness (QED) is 0.722. The Morgan fingerprint density at radius 3 is 2.27 bits per heavy atom. The Balaban J connectivity index is 2.73. The molecule has 0 radical (unpaired) electrons. The minimum absolute atomic E-state index is 0.631. The second kappa shape index (κ2) is 5.20. The van der Waals surface area contributed by atoms with Crippen LogP contribution in [0.2, 0.25) is 0 Å². The molecule has 0 spiro atoms. The normalized spacial score (nSPS) is 12.6. The van der Waals surface area contributed by atoms with E-state index in [1.54, 1.807) is 0 Å². The van der Waals surface area contributed by atoms with E-state index in [9.17, 15) is 0 Å². The summed E-state index contributed by atoms with van der Waals surface area (Å²) >= 11 is 0. The fourth-order valence-electron chi connectivity index (χ4n) is 1.44. The first-order chi connectivity index (χ1) is 7.04. The molecule has 0 aliphatic carbocycles. The predicted molar refractivity (Wildman–Crippen MR) is 65.6 cm³/mol. The van der Waals surface area contributed by atoms with Gasteiger partial charge in [-0.05, 0) is 49.4 Å². The molecular weight excluding hydrogens is 184 g/mol. The predicted octanol–water partition coefficient (Wildman–Crippen LogP) is 4.04. The second-order valence-electron chi connectivity index (χ2n) is 4.53. The lowest BCUT2D eigenvalue weighted by Gasteiger charge is -2.14. The molecule has 0 aliphatic heterocycles. The molecule has 1 atom stereocenters. The van der Waals surface area contributed by atoms with Crippen LogP contribution in [0, 0.1) is 26.7 Å². The van der Waals surface area contributed by atoms with Crippen LogP contribution in [-0.2, 0) is 0 Å². The third-order valence-electron chi connectivity index (χ3n) is 3.01. The van der Waals surface area contributed by atoms with Crippen molar-refractivity contribution < 1.29 is 4.74 Å². The van der Waals surface area contributed by atoms with Crippen molar-refractivity contribution in [2.75, 3.05) is 6.61 Å². The van der Waals surface area contributed by atoms with E-state index < -0.39 is 0 Å². The molecule has 0 saturated heterocycles. The monoisotopic (exact) mass is 206 g/mol. The molecule has 0 aliphatic rings. The highest BCUT2D eigenvalue weighted by atomic mass is 16.5. The first-order valence-electron chi connectivity index (χ1n) is 5.75. The van der Waals surface area contributed by atoms with E-state index in [2.05, 4.69) is 46.8 Å². The Labute approximate surface area is 93.5 Å². The lowest BCUT2D eigenvalue weighted by Crippen LogP contribution is -2.08. The summed E-state index contributed by atoms with van der Waals surface area (Å²) in [5.41, 5.74) is 3.88. The van der Waals surface area contributed by atoms with Crippen molar-refractivity contribution in [3.8, 4) is 5.75 Å². The maximum absolute atomic E-state index is 5.83. The molecule has 0 heterocycles. The van der Waals surface area contributed by atoms with Crippen molar-refractivity contribution in [2.24, 2.45) is 5.92 Å². The second-order valence-corrected chi connectivity index (χ2v) is 4.53. The molecule has 0 bridgehead atoms. The van der Waals surface area contributed by atoms with E-state index in [0.29, 0.717) is 5.92 Å². The minimum Gasteiger partial charge on any atom is -0.493 e. The summed E-state index contributed by atoms with van der Waals surface area (Å²) in [6.07, 6.45) is 1.17. The lowest BCUT2D eigenvalue weighted by molar-refractivity contribution is 0.255. The number of hydrogen-bond donors (Lipinski definition) is 0. The van der Waals surface area contributed by atoms with Gasteiger partial charge < -0.3 is 4.74 Å². The van der Waals surface area contributed by atoms with Crippen molar-refractivity contribution in [3.05, 3.63) is 28.8 Å². The van der Waals surface area contributed by atoms with Crippen molar-refractivity contribution >= 4 is 0 Å². The number of rotatable bonds is 4. The average Bonchev–Trinajstić information content (AvgIpc) is 2.21. The SMILES string of the molecule is CCC(C)COc1cc(C)c(C)cc1C. The zero-order valence-corrected chi connectivity index (χ0v) is 10.6. The highest BCUT2D eigenvalue weighted by Gasteiger charge is 2.05. The molecule has 0 amide bonds. The zero-order valence-electron chi connectivity index (χ0n) is 10.6. The fourth-order valence-corrected chi connectivity index (χ4v) is 1.44. The minimum atomic E-state index is 0.631. The summed E-state index contributed by atoms with van der Waals surface area (Å²) < 4.78 is 5.83. The van der Waals surface area contributed by atoms with Crippen molar-refractivity contribution in [1.82, 2.24) is 0 Å². The Bertz CT molecular complexity index is 328. The molecule has 15 heavy (non-hydrogen) atoms. The molecular formula is C14H22O. The van der Waals surface area contributed by atoms with Gasteiger partial charge in [0.25, 0.3) is 0 Å². The Kier molecular flexibility index (Phi) is 4.19. The third-order valence-corrected chi connectivity index (χ3v) is 3.01. The Morgan fingerprint density at radius 2 is 1.67 bits per heavy atom. The zero-order chi connectivity index (χ0) is 11.4. The number of ether oxygens (including phenoxy) is 1. The van der Waals surface area contributed by atoms with Crippen LogP contribution in [0.25, 0.3) is 0 Å². The standard InChI is InChI=1S/C14H22O/c1-6-10(2)9-15-14-8-12(4)11(3)7-13(14)5/h7-8,10H,6,9H2,1-5H3. The topological polar surface area (TPSA) is 9.23 Å². The molecule has 84 valence electrons. The first kappa shape index (κ1) is 12.1. The van der Waals surface area contributed by atoms with E-state index in [-0.39, 0.29) is 0 Å². The highest BCUT2D eigenvalue weighted by Crippen LogP contribution is 2.23. The molecule has 0 fully saturated rings. The van der Waals surface area contributed by atoms with Gasteiger partial charge in [-0.15, -0.1) is 0 Å². The van der Waals surface area contributed by atoms with Gasteiger partial charge in [0, 0.05) is 0 Å². The molecule has 0 aromatic heterocycles. The molecule has 0 N–H and O–H groups in total. The summed E-state index contributed by atoms with van der Waals surface area (Å²) in [6.45, 7) is 11.6. The van der Waals surface area contributed by atoms with E-state index in [0.717, 1.165) is 12.4 Å². The van der Waals surface area contributed by atoms with Crippen molar-refractivity contribution in [3.63, 3.8) is 0 Å². The van der Waals surface area contributed by atoms with Gasteiger partial charge in [0.1, 0.15) is 5.75 Å². The van der Waals surface area contributed by atoms with Gasteiger partial charge >= 0.3 is 0 Å². The van der Waals surface area contributed by atoms with Crippen LogP contribution in [0.4, 0.5) is 0 Å². The van der Waals surface area contributed by atoms with Gasteiger partial charge in [0.05, 0.1) is 6.61 Å². The lowest BCUT2D eigenvalue weighted by atomic mass is 10.1. The molecule has 1 unspecified atom stereocenters. The van der Waals surface area contributed by atoms with Gasteiger partial charge in [0.15, 0.2) is 0 Å². The van der Waals surface area contributed by atoms with Crippen LogP contribution in [0.1, 0.15) is 37.0 Å². The van der Waals surface area contributed by atoms with E-state index in [4.69, 9.17) is 4.74 Å². The molecule has 0 saturated carbocycles. The maximum atomic E-state index is 5.83. The van der Waals surface area contributed by atoms with Gasteiger partial charge in [-0.25, -0.2) is 0 Å². The summed E-state index contributed by atoms with van der Waals surface area (Å²) in [6, 6.07) is 4.34. The Hall–Kier alpha value is -0.980. The largest absolute Gasteiger partial charge is 0.493 e. The van der Waals surface area contributed by atoms with Gasteiger partial charge in [-0.3, -0.25) is 0 Å². The van der Waals surface area contributed by atoms with Gasteiger partial charge in [-0.1, -0.05) is 26.3 Å². The van der Waals surface area contributed by atoms with Gasteiger partial charge in [-0.2, -0.15) is 0 Å². The summed E-state index contributed by atoms with van der Waals surface area (Å²) in [5.74, 6) is 1.67. The number of hydrogen-bond acceptors (Lipinski definition) is 1. The number of benzene rings is 1. The fraction of sp³-hybridized carbons (Fsp3) is 0.571. The van der Waals surface area contributed by atoms with Crippen LogP contribution in [0.15, 0.2) is 12.1 Å². The smallest absolute Gasteiger partial charge is 0.122 e. The third kappa shape index (κ3) is 3.26. The van der Waals surface area contributed by atoms with Crippen LogP contribution in [-0.4, -0.2) is 6.61 Å². The molecule has 1 rings (SSSR count). The average molecular weight is 206 g/mol. The Morgan fingerprint density at radius 1 is 1.07 bits per heavy atom. The van der Waals surface area contributed by atoms with Crippen LogP contribution in [0.5, 0.6) is 5.75 Å². The highest BCUT2D eigenvalue weighted by molar-refractivity contribution is 5.40. The number of aryl methyl sites for hydroxylation is 3. The maximum Gasteiger partial charge on any atom is 0.122 e. The van der Waals surface area contributed by atoms with Crippen LogP contribution >= 0.6 is 0 Å². The van der Waals surface area contributed by atoms with E-state index in [1.807, 2.05) is 0 Å². The first-order valence-corrected chi connectivity index (χ1v) is 5.75. The van der Waals surface area contributed by atoms with E-state index >= 15 is 0 Å².